The molecule has 1 fully saturated rings. The first-order valence-electron chi connectivity index (χ1n) is 9.02. The molecule has 0 spiro atoms. The minimum atomic E-state index is -1.34. The van der Waals surface area contributed by atoms with Crippen LogP contribution in [0, 0.1) is 12.3 Å². The zero-order chi connectivity index (χ0) is 21.8. The highest BCUT2D eigenvalue weighted by atomic mass is 16.6. The average molecular weight is 415 g/mol. The summed E-state index contributed by atoms with van der Waals surface area (Å²) in [7, 11) is 1.53. The minimum absolute atomic E-state index is 0.0383. The van der Waals surface area contributed by atoms with Gasteiger partial charge in [-0.05, 0) is 24.6 Å². The molecule has 3 rings (SSSR count). The van der Waals surface area contributed by atoms with E-state index < -0.39 is 36.3 Å². The lowest BCUT2D eigenvalue weighted by Crippen LogP contribution is -2.36. The van der Waals surface area contributed by atoms with Crippen LogP contribution >= 0.6 is 0 Å². The van der Waals surface area contributed by atoms with Gasteiger partial charge in [0.25, 0.3) is 0 Å². The Balaban J connectivity index is 1.73. The number of hydrogen-bond acceptors (Lipinski definition) is 8. The zero-order valence-electron chi connectivity index (χ0n) is 16.3. The number of nitrogens with zero attached hydrogens (tertiary/aromatic N) is 2. The predicted octanol–water partition coefficient (Wildman–Crippen LogP) is 0.621. The van der Waals surface area contributed by atoms with Crippen molar-refractivity contribution in [2.75, 3.05) is 12.4 Å². The van der Waals surface area contributed by atoms with E-state index in [0.29, 0.717) is 11.3 Å². The number of aromatic nitrogens is 2. The normalized spacial score (nSPS) is 22.9. The number of ether oxygens (including phenoxy) is 3. The van der Waals surface area contributed by atoms with Crippen LogP contribution in [0.25, 0.3) is 0 Å². The molecule has 30 heavy (non-hydrogen) atoms. The van der Waals surface area contributed by atoms with Gasteiger partial charge in [0.2, 0.25) is 0 Å². The number of carbonyl (C=O) groups excluding carboxylic acids is 1. The highest BCUT2D eigenvalue weighted by molar-refractivity contribution is 5.84. The van der Waals surface area contributed by atoms with Crippen LogP contribution in [0.15, 0.2) is 35.3 Å². The van der Waals surface area contributed by atoms with Crippen molar-refractivity contribution in [3.8, 4) is 18.1 Å². The number of amides is 1. The summed E-state index contributed by atoms with van der Waals surface area (Å²) in [5.41, 5.74) is -0.0645. The monoisotopic (exact) mass is 415 g/mol. The summed E-state index contributed by atoms with van der Waals surface area (Å²) < 4.78 is 16.6. The molecular weight excluding hydrogens is 394 g/mol. The second kappa shape index (κ2) is 8.96. The van der Waals surface area contributed by atoms with Crippen molar-refractivity contribution in [2.45, 2.75) is 38.1 Å². The van der Waals surface area contributed by atoms with Crippen LogP contribution < -0.4 is 15.7 Å². The fourth-order valence-corrected chi connectivity index (χ4v) is 2.95. The van der Waals surface area contributed by atoms with Crippen LogP contribution in [0.1, 0.15) is 24.3 Å². The third kappa shape index (κ3) is 4.44. The van der Waals surface area contributed by atoms with E-state index in [1.54, 1.807) is 31.2 Å². The second-order valence-electron chi connectivity index (χ2n) is 6.60. The molecule has 1 saturated heterocycles. The van der Waals surface area contributed by atoms with E-state index >= 15 is 0 Å². The smallest absolute Gasteiger partial charge is 0.413 e. The molecule has 2 heterocycles. The van der Waals surface area contributed by atoms with Crippen LogP contribution in [-0.2, 0) is 16.1 Å². The van der Waals surface area contributed by atoms with Crippen molar-refractivity contribution in [2.24, 2.45) is 0 Å². The van der Waals surface area contributed by atoms with Gasteiger partial charge in [0, 0.05) is 6.20 Å². The molecule has 0 radical (unpaired) electrons. The van der Waals surface area contributed by atoms with E-state index in [0.717, 1.165) is 4.57 Å². The highest BCUT2D eigenvalue weighted by Gasteiger charge is 2.42. The number of nitrogens with one attached hydrogen (secondary N) is 1. The van der Waals surface area contributed by atoms with Crippen molar-refractivity contribution < 1.29 is 29.2 Å². The molecule has 1 aromatic heterocycles. The molecule has 4 atom stereocenters. The first kappa shape index (κ1) is 21.3. The molecule has 10 nitrogen and oxygen atoms in total. The van der Waals surface area contributed by atoms with Crippen molar-refractivity contribution in [3.05, 3.63) is 52.1 Å². The summed E-state index contributed by atoms with van der Waals surface area (Å²) in [6.07, 6.45) is 1.48. The van der Waals surface area contributed by atoms with Gasteiger partial charge in [-0.1, -0.05) is 18.1 Å². The Labute approximate surface area is 172 Å². The Kier molecular flexibility index (Phi) is 6.37. The molecule has 3 N–H and O–H groups in total. The summed E-state index contributed by atoms with van der Waals surface area (Å²) in [5, 5.41) is 22.3. The van der Waals surface area contributed by atoms with Crippen molar-refractivity contribution >= 4 is 11.9 Å². The van der Waals surface area contributed by atoms with E-state index in [1.807, 2.05) is 0 Å². The van der Waals surface area contributed by atoms with E-state index in [-0.39, 0.29) is 18.0 Å². The van der Waals surface area contributed by atoms with Crippen molar-refractivity contribution in [3.63, 3.8) is 0 Å². The zero-order valence-corrected chi connectivity index (χ0v) is 16.3. The van der Waals surface area contributed by atoms with Gasteiger partial charge < -0.3 is 24.4 Å². The summed E-state index contributed by atoms with van der Waals surface area (Å²) in [5.74, 6) is 2.76. The molecular formula is C20H21N3O7. The number of benzene rings is 1. The predicted molar refractivity (Wildman–Crippen MR) is 105 cm³/mol. The largest absolute Gasteiger partial charge is 0.497 e. The molecule has 0 bridgehead atoms. The van der Waals surface area contributed by atoms with Crippen molar-refractivity contribution in [1.82, 2.24) is 9.55 Å². The van der Waals surface area contributed by atoms with Gasteiger partial charge in [-0.3, -0.25) is 9.88 Å². The van der Waals surface area contributed by atoms with E-state index in [4.69, 9.17) is 20.6 Å². The third-order valence-electron chi connectivity index (χ3n) is 4.58. The maximum absolute atomic E-state index is 12.4. The molecule has 2 aromatic rings. The summed E-state index contributed by atoms with van der Waals surface area (Å²) >= 11 is 0. The van der Waals surface area contributed by atoms with Crippen LogP contribution in [0.4, 0.5) is 10.6 Å². The summed E-state index contributed by atoms with van der Waals surface area (Å²) in [6.45, 7) is 1.52. The van der Waals surface area contributed by atoms with Gasteiger partial charge in [-0.25, -0.2) is 9.59 Å². The number of aliphatic hydroxyl groups excluding tert-OH is 2. The number of carbonyl (C=O) groups is 1. The molecule has 0 saturated carbocycles. The Morgan fingerprint density at radius 1 is 1.40 bits per heavy atom. The fourth-order valence-electron chi connectivity index (χ4n) is 2.95. The Morgan fingerprint density at radius 2 is 2.17 bits per heavy atom. The van der Waals surface area contributed by atoms with E-state index in [9.17, 15) is 19.8 Å². The molecule has 2 unspecified atom stereocenters. The maximum atomic E-state index is 12.4. The molecule has 1 amide bonds. The van der Waals surface area contributed by atoms with Gasteiger partial charge >= 0.3 is 11.8 Å². The SMILES string of the molecule is C#Cc1cn([C@@H]2O[C@H](C)C(O)C2O)c(=O)nc1NC(=O)OCc1cccc(OC)c1. The quantitative estimate of drug-likeness (QED) is 0.606. The molecule has 1 aliphatic rings. The van der Waals surface area contributed by atoms with Gasteiger partial charge in [0.05, 0.1) is 18.8 Å². The average Bonchev–Trinajstić information content (AvgIpc) is 3.00. The number of rotatable bonds is 5. The van der Waals surface area contributed by atoms with Crippen LogP contribution in [0.5, 0.6) is 5.75 Å². The fraction of sp³-hybridized carbons (Fsp3) is 0.350. The van der Waals surface area contributed by atoms with Crippen LogP contribution in [0.2, 0.25) is 0 Å². The topological polar surface area (TPSA) is 132 Å². The number of hydrogen-bond donors (Lipinski definition) is 3. The van der Waals surface area contributed by atoms with Gasteiger partial charge in [-0.2, -0.15) is 4.98 Å². The van der Waals surface area contributed by atoms with Gasteiger partial charge in [-0.15, -0.1) is 6.42 Å². The van der Waals surface area contributed by atoms with Gasteiger partial charge in [0.15, 0.2) is 12.0 Å². The number of methoxy groups -OCH3 is 1. The van der Waals surface area contributed by atoms with Crippen LogP contribution in [-0.4, -0.2) is 51.3 Å². The number of aliphatic hydroxyl groups is 2. The third-order valence-corrected chi connectivity index (χ3v) is 4.58. The summed E-state index contributed by atoms with van der Waals surface area (Å²) in [4.78, 5) is 28.3. The highest BCUT2D eigenvalue weighted by Crippen LogP contribution is 2.28. The first-order chi connectivity index (χ1) is 14.3. The first-order valence-corrected chi connectivity index (χ1v) is 9.02. The molecule has 0 aliphatic carbocycles. The summed E-state index contributed by atoms with van der Waals surface area (Å²) in [6, 6.07) is 6.98. The van der Waals surface area contributed by atoms with Gasteiger partial charge in [0.1, 0.15) is 24.6 Å². The lowest BCUT2D eigenvalue weighted by Gasteiger charge is -2.18. The Morgan fingerprint density at radius 3 is 2.80 bits per heavy atom. The van der Waals surface area contributed by atoms with Crippen molar-refractivity contribution in [1.29, 1.82) is 0 Å². The Bertz CT molecular complexity index is 1030. The second-order valence-corrected chi connectivity index (χ2v) is 6.60. The lowest BCUT2D eigenvalue weighted by atomic mass is 10.1. The number of terminal acetylenes is 1. The molecule has 158 valence electrons. The van der Waals surface area contributed by atoms with E-state index in [2.05, 4.69) is 16.2 Å². The van der Waals surface area contributed by atoms with Crippen LogP contribution in [0.3, 0.4) is 0 Å². The maximum Gasteiger partial charge on any atom is 0.413 e. The van der Waals surface area contributed by atoms with E-state index in [1.165, 1.54) is 13.3 Å². The minimum Gasteiger partial charge on any atom is -0.497 e. The standard InChI is InChI=1S/C20H21N3O7/c1-4-13-9-23(18-16(25)15(24)11(2)30-18)19(26)21-17(13)22-20(27)29-10-12-6-5-7-14(8-12)28-3/h1,5-9,11,15-16,18,24-25H,10H2,2-3H3,(H,21,22,26,27)/t11-,15?,16?,18-/m1/s1. The molecule has 10 heteroatoms. The molecule has 1 aliphatic heterocycles. The molecule has 1 aromatic carbocycles. The Hall–Kier alpha value is -3.39. The number of anilines is 1. The lowest BCUT2D eigenvalue weighted by molar-refractivity contribution is -0.0350.